The molecular formula is C16H17F3N2O3. The van der Waals surface area contributed by atoms with Gasteiger partial charge in [0.1, 0.15) is 6.04 Å². The Hall–Kier alpha value is -2.53. The lowest BCUT2D eigenvalue weighted by Crippen LogP contribution is -2.46. The van der Waals surface area contributed by atoms with E-state index in [0.29, 0.717) is 12.8 Å². The summed E-state index contributed by atoms with van der Waals surface area (Å²) in [7, 11) is 0. The molecule has 0 saturated heterocycles. The van der Waals surface area contributed by atoms with E-state index in [1.54, 1.807) is 0 Å². The van der Waals surface area contributed by atoms with Gasteiger partial charge in [-0.1, -0.05) is 12.1 Å². The molecule has 1 aromatic carbocycles. The molecule has 24 heavy (non-hydrogen) atoms. The highest BCUT2D eigenvalue weighted by Crippen LogP contribution is 2.29. The molecule has 0 heterocycles. The maximum absolute atomic E-state index is 12.5. The van der Waals surface area contributed by atoms with Crippen molar-refractivity contribution < 1.29 is 27.9 Å². The van der Waals surface area contributed by atoms with Crippen molar-refractivity contribution in [2.75, 3.05) is 0 Å². The Balaban J connectivity index is 2.75. The SMILES string of the molecule is C#CCCC[C@H](NC(=O)[C@@H](O)c1ccc(C(F)(F)F)cc1)C(N)=O. The summed E-state index contributed by atoms with van der Waals surface area (Å²) >= 11 is 0. The van der Waals surface area contributed by atoms with Crippen molar-refractivity contribution in [2.45, 2.75) is 37.6 Å². The number of carbonyl (C=O) groups is 2. The summed E-state index contributed by atoms with van der Waals surface area (Å²) in [6.45, 7) is 0. The van der Waals surface area contributed by atoms with Gasteiger partial charge in [0.15, 0.2) is 6.10 Å². The summed E-state index contributed by atoms with van der Waals surface area (Å²) in [6.07, 6.45) is -0.115. The molecule has 0 bridgehead atoms. The van der Waals surface area contributed by atoms with Gasteiger partial charge in [0.2, 0.25) is 5.91 Å². The number of aliphatic hydroxyl groups excluding tert-OH is 1. The number of benzene rings is 1. The molecule has 0 fully saturated rings. The highest BCUT2D eigenvalue weighted by molar-refractivity contribution is 5.88. The van der Waals surface area contributed by atoms with Gasteiger partial charge in [0.25, 0.3) is 5.91 Å². The Morgan fingerprint density at radius 2 is 1.88 bits per heavy atom. The third kappa shape index (κ3) is 5.59. The van der Waals surface area contributed by atoms with Crippen molar-refractivity contribution in [3.05, 3.63) is 35.4 Å². The zero-order valence-corrected chi connectivity index (χ0v) is 12.6. The van der Waals surface area contributed by atoms with E-state index in [1.807, 2.05) is 0 Å². The molecule has 0 aliphatic rings. The van der Waals surface area contributed by atoms with Gasteiger partial charge in [-0.25, -0.2) is 0 Å². The van der Waals surface area contributed by atoms with E-state index < -0.39 is 35.7 Å². The third-order valence-electron chi connectivity index (χ3n) is 3.28. The van der Waals surface area contributed by atoms with Crippen LogP contribution in [0.25, 0.3) is 0 Å². The Kier molecular flexibility index (Phi) is 6.80. The predicted molar refractivity (Wildman–Crippen MR) is 80.2 cm³/mol. The first-order valence-electron chi connectivity index (χ1n) is 7.05. The maximum atomic E-state index is 12.5. The maximum Gasteiger partial charge on any atom is 0.416 e. The van der Waals surface area contributed by atoms with Gasteiger partial charge in [-0.05, 0) is 30.5 Å². The Morgan fingerprint density at radius 1 is 1.29 bits per heavy atom. The van der Waals surface area contributed by atoms with Crippen LogP contribution in [0.15, 0.2) is 24.3 Å². The molecule has 0 aliphatic carbocycles. The topological polar surface area (TPSA) is 92.4 Å². The minimum atomic E-state index is -4.51. The molecule has 0 saturated carbocycles. The number of terminal acetylenes is 1. The van der Waals surface area contributed by atoms with Gasteiger partial charge in [-0.15, -0.1) is 12.3 Å². The first-order valence-corrected chi connectivity index (χ1v) is 7.05. The number of hydrogen-bond acceptors (Lipinski definition) is 3. The molecule has 0 aliphatic heterocycles. The highest BCUT2D eigenvalue weighted by atomic mass is 19.4. The van der Waals surface area contributed by atoms with Crippen LogP contribution in [0, 0.1) is 12.3 Å². The summed E-state index contributed by atoms with van der Waals surface area (Å²) in [5.74, 6) is 0.652. The molecule has 0 unspecified atom stereocenters. The summed E-state index contributed by atoms with van der Waals surface area (Å²) in [6, 6.07) is 2.47. The second-order valence-electron chi connectivity index (χ2n) is 5.08. The Morgan fingerprint density at radius 3 is 2.33 bits per heavy atom. The van der Waals surface area contributed by atoms with Crippen LogP contribution in [0.4, 0.5) is 13.2 Å². The van der Waals surface area contributed by atoms with Crippen LogP contribution in [0.2, 0.25) is 0 Å². The quantitative estimate of drug-likeness (QED) is 0.518. The normalized spacial score (nSPS) is 13.6. The monoisotopic (exact) mass is 342 g/mol. The number of carbonyl (C=O) groups excluding carboxylic acids is 2. The number of hydrogen-bond donors (Lipinski definition) is 3. The number of primary amides is 1. The van der Waals surface area contributed by atoms with Crippen LogP contribution in [0.3, 0.4) is 0 Å². The summed E-state index contributed by atoms with van der Waals surface area (Å²) in [5, 5.41) is 12.2. The minimum absolute atomic E-state index is 0.0349. The van der Waals surface area contributed by atoms with Crippen LogP contribution in [0.1, 0.15) is 36.5 Å². The number of unbranched alkanes of at least 4 members (excludes halogenated alkanes) is 1. The zero-order chi connectivity index (χ0) is 18.3. The molecule has 5 nitrogen and oxygen atoms in total. The largest absolute Gasteiger partial charge is 0.416 e. The van der Waals surface area contributed by atoms with Crippen LogP contribution < -0.4 is 11.1 Å². The van der Waals surface area contributed by atoms with E-state index in [4.69, 9.17) is 12.2 Å². The van der Waals surface area contributed by atoms with Gasteiger partial charge >= 0.3 is 6.18 Å². The van der Waals surface area contributed by atoms with E-state index in [-0.39, 0.29) is 12.0 Å². The Labute approximate surface area is 137 Å². The smallest absolute Gasteiger partial charge is 0.378 e. The van der Waals surface area contributed by atoms with Crippen LogP contribution in [0.5, 0.6) is 0 Å². The van der Waals surface area contributed by atoms with Crippen molar-refractivity contribution in [1.82, 2.24) is 5.32 Å². The summed E-state index contributed by atoms with van der Waals surface area (Å²) in [5.41, 5.74) is 4.23. The van der Waals surface area contributed by atoms with Gasteiger partial charge in [-0.2, -0.15) is 13.2 Å². The number of alkyl halides is 3. The van der Waals surface area contributed by atoms with E-state index in [1.165, 1.54) is 0 Å². The van der Waals surface area contributed by atoms with Crippen molar-refractivity contribution in [3.63, 3.8) is 0 Å². The first-order chi connectivity index (χ1) is 11.2. The van der Waals surface area contributed by atoms with Gasteiger partial charge in [0, 0.05) is 6.42 Å². The summed E-state index contributed by atoms with van der Waals surface area (Å²) in [4.78, 5) is 23.2. The van der Waals surface area contributed by atoms with Crippen molar-refractivity contribution in [2.24, 2.45) is 5.73 Å². The van der Waals surface area contributed by atoms with Crippen molar-refractivity contribution >= 4 is 11.8 Å². The number of rotatable bonds is 7. The zero-order valence-electron chi connectivity index (χ0n) is 12.6. The number of nitrogens with two attached hydrogens (primary N) is 1. The lowest BCUT2D eigenvalue weighted by atomic mass is 10.0. The number of aliphatic hydroxyl groups is 1. The van der Waals surface area contributed by atoms with Crippen LogP contribution in [-0.2, 0) is 15.8 Å². The standard InChI is InChI=1S/C16H17F3N2O3/c1-2-3-4-5-12(14(20)23)21-15(24)13(22)10-6-8-11(9-7-10)16(17,18)19/h1,6-9,12-13,22H,3-5H2,(H2,20,23)(H,21,24)/t12-,13-/m0/s1. The average Bonchev–Trinajstić information content (AvgIpc) is 2.52. The molecule has 0 aromatic heterocycles. The first kappa shape index (κ1) is 19.5. The third-order valence-corrected chi connectivity index (χ3v) is 3.28. The second kappa shape index (κ2) is 8.36. The molecule has 4 N–H and O–H groups in total. The van der Waals surface area contributed by atoms with E-state index in [2.05, 4.69) is 11.2 Å². The number of amides is 2. The molecule has 130 valence electrons. The minimum Gasteiger partial charge on any atom is -0.378 e. The fraction of sp³-hybridized carbons (Fsp3) is 0.375. The lowest BCUT2D eigenvalue weighted by molar-refractivity contribution is -0.137. The fourth-order valence-corrected chi connectivity index (χ4v) is 1.95. The fourth-order valence-electron chi connectivity index (χ4n) is 1.95. The molecule has 0 radical (unpaired) electrons. The molecule has 2 amide bonds. The predicted octanol–water partition coefficient (Wildman–Crippen LogP) is 1.51. The summed E-state index contributed by atoms with van der Waals surface area (Å²) < 4.78 is 37.4. The van der Waals surface area contributed by atoms with Crippen molar-refractivity contribution in [1.29, 1.82) is 0 Å². The van der Waals surface area contributed by atoms with Gasteiger partial charge in [0.05, 0.1) is 5.56 Å². The van der Waals surface area contributed by atoms with Gasteiger partial charge < -0.3 is 16.2 Å². The molecule has 1 aromatic rings. The van der Waals surface area contributed by atoms with Crippen molar-refractivity contribution in [3.8, 4) is 12.3 Å². The van der Waals surface area contributed by atoms with Crippen LogP contribution in [-0.4, -0.2) is 23.0 Å². The molecule has 0 spiro atoms. The van der Waals surface area contributed by atoms with E-state index in [9.17, 15) is 27.9 Å². The average molecular weight is 342 g/mol. The number of nitrogens with one attached hydrogen (secondary N) is 1. The van der Waals surface area contributed by atoms with Gasteiger partial charge in [-0.3, -0.25) is 9.59 Å². The molecule has 1 rings (SSSR count). The van der Waals surface area contributed by atoms with E-state index in [0.717, 1.165) is 24.3 Å². The Bertz CT molecular complexity index is 621. The second-order valence-corrected chi connectivity index (χ2v) is 5.08. The lowest BCUT2D eigenvalue weighted by Gasteiger charge is -2.18. The van der Waals surface area contributed by atoms with E-state index >= 15 is 0 Å². The molecular weight excluding hydrogens is 325 g/mol. The highest BCUT2D eigenvalue weighted by Gasteiger charge is 2.31. The molecule has 8 heteroatoms. The molecule has 2 atom stereocenters. The van der Waals surface area contributed by atoms with Crippen LogP contribution >= 0.6 is 0 Å². The number of halogens is 3.